The van der Waals surface area contributed by atoms with Crippen molar-refractivity contribution >= 4 is 0 Å². The van der Waals surface area contributed by atoms with Crippen LogP contribution in [0.2, 0.25) is 0 Å². The van der Waals surface area contributed by atoms with Crippen LogP contribution in [-0.4, -0.2) is 75.4 Å². The highest BCUT2D eigenvalue weighted by molar-refractivity contribution is 4.80. The van der Waals surface area contributed by atoms with Crippen LogP contribution in [0.15, 0.2) is 0 Å². The van der Waals surface area contributed by atoms with E-state index in [9.17, 15) is 0 Å². The summed E-state index contributed by atoms with van der Waals surface area (Å²) in [7, 11) is 4.50. The number of nitrogens with zero attached hydrogens (tertiary/aromatic N) is 2. The fourth-order valence-corrected chi connectivity index (χ4v) is 2.63. The molecule has 0 amide bonds. The van der Waals surface area contributed by atoms with Gasteiger partial charge in [0.2, 0.25) is 0 Å². The summed E-state index contributed by atoms with van der Waals surface area (Å²) in [4.78, 5) is 4.99. The standard InChI is InChI=1S/C15H33N3O/c1-5-19-11-7-9-16-12-14(2)18(4)13-15-8-6-10-17(15)3/h14-16H,5-13H2,1-4H3. The first-order chi connectivity index (χ1) is 9.15. The van der Waals surface area contributed by atoms with Gasteiger partial charge in [-0.2, -0.15) is 0 Å². The van der Waals surface area contributed by atoms with E-state index < -0.39 is 0 Å². The molecule has 0 aromatic rings. The summed E-state index contributed by atoms with van der Waals surface area (Å²) in [6, 6.07) is 1.35. The van der Waals surface area contributed by atoms with Crippen LogP contribution >= 0.6 is 0 Å². The van der Waals surface area contributed by atoms with Gasteiger partial charge in [0, 0.05) is 38.4 Å². The van der Waals surface area contributed by atoms with E-state index in [1.807, 2.05) is 6.92 Å². The fraction of sp³-hybridized carbons (Fsp3) is 1.00. The van der Waals surface area contributed by atoms with Crippen LogP contribution in [0.4, 0.5) is 0 Å². The van der Waals surface area contributed by atoms with Crippen LogP contribution < -0.4 is 5.32 Å². The molecule has 0 aliphatic carbocycles. The first-order valence-corrected chi connectivity index (χ1v) is 7.84. The number of nitrogens with one attached hydrogen (secondary N) is 1. The van der Waals surface area contributed by atoms with Gasteiger partial charge in [-0.15, -0.1) is 0 Å². The van der Waals surface area contributed by atoms with Gasteiger partial charge in [0.05, 0.1) is 0 Å². The molecular formula is C15H33N3O. The van der Waals surface area contributed by atoms with Crippen molar-refractivity contribution in [1.29, 1.82) is 0 Å². The highest BCUT2D eigenvalue weighted by Gasteiger charge is 2.23. The van der Waals surface area contributed by atoms with E-state index >= 15 is 0 Å². The number of ether oxygens (including phenoxy) is 1. The lowest BCUT2D eigenvalue weighted by atomic mass is 10.2. The molecule has 114 valence electrons. The molecule has 0 spiro atoms. The Hall–Kier alpha value is -0.160. The van der Waals surface area contributed by atoms with E-state index in [0.29, 0.717) is 6.04 Å². The lowest BCUT2D eigenvalue weighted by Gasteiger charge is -2.30. The van der Waals surface area contributed by atoms with E-state index in [4.69, 9.17) is 4.74 Å². The van der Waals surface area contributed by atoms with E-state index in [1.54, 1.807) is 0 Å². The molecule has 2 atom stereocenters. The predicted octanol–water partition coefficient (Wildman–Crippen LogP) is 1.42. The summed E-state index contributed by atoms with van der Waals surface area (Å²) in [5.41, 5.74) is 0. The van der Waals surface area contributed by atoms with Gasteiger partial charge >= 0.3 is 0 Å². The van der Waals surface area contributed by atoms with Crippen LogP contribution in [0.1, 0.15) is 33.1 Å². The van der Waals surface area contributed by atoms with Gasteiger partial charge in [-0.3, -0.25) is 0 Å². The monoisotopic (exact) mass is 271 g/mol. The van der Waals surface area contributed by atoms with Gasteiger partial charge in [-0.1, -0.05) is 0 Å². The quantitative estimate of drug-likeness (QED) is 0.608. The molecule has 1 saturated heterocycles. The molecule has 4 nitrogen and oxygen atoms in total. The smallest absolute Gasteiger partial charge is 0.0477 e. The Morgan fingerprint density at radius 2 is 2.26 bits per heavy atom. The van der Waals surface area contributed by atoms with Gasteiger partial charge in [-0.05, 0) is 60.3 Å². The molecule has 0 aromatic carbocycles. The van der Waals surface area contributed by atoms with Crippen molar-refractivity contribution in [3.05, 3.63) is 0 Å². The maximum absolute atomic E-state index is 5.33. The Bertz CT molecular complexity index is 225. The molecule has 19 heavy (non-hydrogen) atoms. The molecule has 1 heterocycles. The SMILES string of the molecule is CCOCCCNCC(C)N(C)CC1CCCN1C. The lowest BCUT2D eigenvalue weighted by Crippen LogP contribution is -2.44. The van der Waals surface area contributed by atoms with Gasteiger partial charge < -0.3 is 19.9 Å². The molecule has 1 aliphatic heterocycles. The van der Waals surface area contributed by atoms with Gasteiger partial charge in [0.15, 0.2) is 0 Å². The minimum absolute atomic E-state index is 0.598. The Balaban J connectivity index is 2.06. The van der Waals surface area contributed by atoms with E-state index in [2.05, 4.69) is 36.1 Å². The maximum Gasteiger partial charge on any atom is 0.0477 e. The summed E-state index contributed by atoms with van der Waals surface area (Å²) >= 11 is 0. The molecule has 1 N–H and O–H groups in total. The maximum atomic E-state index is 5.33. The highest BCUT2D eigenvalue weighted by atomic mass is 16.5. The Morgan fingerprint density at radius 1 is 1.47 bits per heavy atom. The van der Waals surface area contributed by atoms with E-state index in [1.165, 1.54) is 25.9 Å². The first-order valence-electron chi connectivity index (χ1n) is 7.84. The van der Waals surface area contributed by atoms with Crippen molar-refractivity contribution in [3.63, 3.8) is 0 Å². The summed E-state index contributed by atoms with van der Waals surface area (Å²) in [6.45, 7) is 10.6. The van der Waals surface area contributed by atoms with Crippen LogP contribution in [0, 0.1) is 0 Å². The zero-order chi connectivity index (χ0) is 14.1. The van der Waals surface area contributed by atoms with Crippen molar-refractivity contribution in [3.8, 4) is 0 Å². The average molecular weight is 271 g/mol. The van der Waals surface area contributed by atoms with Crippen molar-refractivity contribution in [2.24, 2.45) is 0 Å². The molecule has 4 heteroatoms. The Morgan fingerprint density at radius 3 is 2.89 bits per heavy atom. The van der Waals surface area contributed by atoms with Crippen LogP contribution in [-0.2, 0) is 4.74 Å². The molecule has 0 aromatic heterocycles. The first kappa shape index (κ1) is 16.9. The third kappa shape index (κ3) is 6.70. The molecule has 0 bridgehead atoms. The lowest BCUT2D eigenvalue weighted by molar-refractivity contribution is 0.143. The number of likely N-dealkylation sites (N-methyl/N-ethyl adjacent to an activating group) is 2. The van der Waals surface area contributed by atoms with Gasteiger partial charge in [0.25, 0.3) is 0 Å². The Labute approximate surface area is 119 Å². The number of hydrogen-bond acceptors (Lipinski definition) is 4. The summed E-state index contributed by atoms with van der Waals surface area (Å²) in [5.74, 6) is 0. The average Bonchev–Trinajstić information content (AvgIpc) is 2.79. The summed E-state index contributed by atoms with van der Waals surface area (Å²) < 4.78 is 5.33. The second-order valence-corrected chi connectivity index (χ2v) is 5.82. The molecule has 2 unspecified atom stereocenters. The zero-order valence-corrected chi connectivity index (χ0v) is 13.3. The molecular weight excluding hydrogens is 238 g/mol. The molecule has 1 fully saturated rings. The predicted molar refractivity (Wildman–Crippen MR) is 81.7 cm³/mol. The second kappa shape index (κ2) is 9.70. The third-order valence-electron chi connectivity index (χ3n) is 4.21. The Kier molecular flexibility index (Phi) is 8.62. The summed E-state index contributed by atoms with van der Waals surface area (Å²) in [5, 5.41) is 3.53. The normalized spacial score (nSPS) is 22.3. The van der Waals surface area contributed by atoms with Gasteiger partial charge in [-0.25, -0.2) is 0 Å². The van der Waals surface area contributed by atoms with Crippen LogP contribution in [0.3, 0.4) is 0 Å². The zero-order valence-electron chi connectivity index (χ0n) is 13.3. The number of rotatable bonds is 10. The second-order valence-electron chi connectivity index (χ2n) is 5.82. The number of hydrogen-bond donors (Lipinski definition) is 1. The molecule has 1 rings (SSSR count). The van der Waals surface area contributed by atoms with Gasteiger partial charge in [0.1, 0.15) is 0 Å². The van der Waals surface area contributed by atoms with Crippen molar-refractivity contribution < 1.29 is 4.74 Å². The summed E-state index contributed by atoms with van der Waals surface area (Å²) in [6.07, 6.45) is 3.82. The van der Waals surface area contributed by atoms with Crippen LogP contribution in [0.25, 0.3) is 0 Å². The highest BCUT2D eigenvalue weighted by Crippen LogP contribution is 2.16. The minimum Gasteiger partial charge on any atom is -0.382 e. The van der Waals surface area contributed by atoms with Crippen molar-refractivity contribution in [1.82, 2.24) is 15.1 Å². The van der Waals surface area contributed by atoms with Crippen LogP contribution in [0.5, 0.6) is 0 Å². The van der Waals surface area contributed by atoms with E-state index in [-0.39, 0.29) is 0 Å². The van der Waals surface area contributed by atoms with E-state index in [0.717, 1.165) is 38.8 Å². The molecule has 0 radical (unpaired) electrons. The largest absolute Gasteiger partial charge is 0.382 e. The van der Waals surface area contributed by atoms with Crippen molar-refractivity contribution in [2.45, 2.75) is 45.2 Å². The fourth-order valence-electron chi connectivity index (χ4n) is 2.63. The molecule has 1 aliphatic rings. The minimum atomic E-state index is 0.598. The van der Waals surface area contributed by atoms with Crippen molar-refractivity contribution in [2.75, 3.05) is 53.5 Å². The molecule has 0 saturated carbocycles. The number of likely N-dealkylation sites (tertiary alicyclic amines) is 1. The topological polar surface area (TPSA) is 27.7 Å². The third-order valence-corrected chi connectivity index (χ3v) is 4.21.